The number of halogens is 1. The van der Waals surface area contributed by atoms with Gasteiger partial charge in [-0.2, -0.15) is 0 Å². The second kappa shape index (κ2) is 9.24. The van der Waals surface area contributed by atoms with E-state index < -0.39 is 0 Å². The second-order valence-electron chi connectivity index (χ2n) is 6.01. The largest absolute Gasteiger partial charge is 0.494 e. The second-order valence-corrected chi connectivity index (χ2v) is 7.87. The van der Waals surface area contributed by atoms with Crippen molar-refractivity contribution in [2.45, 2.75) is 30.7 Å². The molecule has 0 aliphatic carbocycles. The van der Waals surface area contributed by atoms with Crippen LogP contribution in [-0.4, -0.2) is 21.4 Å². The number of nitrogens with zero attached hydrogens (tertiary/aromatic N) is 3. The van der Waals surface area contributed by atoms with E-state index in [4.69, 9.17) is 4.74 Å². The van der Waals surface area contributed by atoms with Crippen LogP contribution in [0, 0.1) is 0 Å². The summed E-state index contributed by atoms with van der Waals surface area (Å²) in [6, 6.07) is 16.4. The molecule has 0 spiro atoms. The van der Waals surface area contributed by atoms with Gasteiger partial charge in [-0.05, 0) is 48.4 Å². The van der Waals surface area contributed by atoms with Gasteiger partial charge in [0.1, 0.15) is 5.75 Å². The van der Waals surface area contributed by atoms with Crippen molar-refractivity contribution in [2.24, 2.45) is 7.05 Å². The number of unbranched alkanes of at least 4 members (excludes halogenated alkanes) is 1. The molecule has 136 valence electrons. The number of hydrogen-bond donors (Lipinski definition) is 0. The molecule has 26 heavy (non-hydrogen) atoms. The molecule has 0 unspecified atom stereocenters. The van der Waals surface area contributed by atoms with E-state index in [1.54, 1.807) is 11.8 Å². The monoisotopic (exact) mass is 431 g/mol. The van der Waals surface area contributed by atoms with E-state index in [1.807, 2.05) is 48.0 Å². The molecule has 0 amide bonds. The first-order valence-corrected chi connectivity index (χ1v) is 10.4. The lowest BCUT2D eigenvalue weighted by molar-refractivity contribution is 0.309. The molecule has 6 heteroatoms. The van der Waals surface area contributed by atoms with Gasteiger partial charge in [-0.1, -0.05) is 53.2 Å². The first kappa shape index (κ1) is 19.0. The average molecular weight is 432 g/mol. The minimum atomic E-state index is 0.760. The van der Waals surface area contributed by atoms with Crippen LogP contribution in [-0.2, 0) is 12.8 Å². The van der Waals surface area contributed by atoms with E-state index in [0.717, 1.165) is 52.0 Å². The summed E-state index contributed by atoms with van der Waals surface area (Å²) in [5, 5.41) is 9.61. The van der Waals surface area contributed by atoms with Crippen LogP contribution in [0.5, 0.6) is 5.75 Å². The summed E-state index contributed by atoms with van der Waals surface area (Å²) in [5.74, 6) is 2.62. The Labute approximate surface area is 167 Å². The maximum atomic E-state index is 5.72. The van der Waals surface area contributed by atoms with Crippen LogP contribution in [0.3, 0.4) is 0 Å². The topological polar surface area (TPSA) is 39.9 Å². The number of aromatic nitrogens is 3. The van der Waals surface area contributed by atoms with Crippen molar-refractivity contribution in [3.8, 4) is 17.1 Å². The molecular formula is C20H22BrN3OS. The molecule has 1 heterocycles. The van der Waals surface area contributed by atoms with E-state index >= 15 is 0 Å². The Morgan fingerprint density at radius 3 is 2.65 bits per heavy atom. The maximum absolute atomic E-state index is 5.72. The molecule has 0 saturated heterocycles. The highest BCUT2D eigenvalue weighted by atomic mass is 79.9. The molecule has 3 aromatic rings. The predicted octanol–water partition coefficient (Wildman–Crippen LogP) is 5.72. The Hall–Kier alpha value is -1.79. The molecule has 0 bridgehead atoms. The van der Waals surface area contributed by atoms with Crippen LogP contribution < -0.4 is 4.74 Å². The Kier molecular flexibility index (Phi) is 6.74. The van der Waals surface area contributed by atoms with Crippen LogP contribution in [0.1, 0.15) is 25.3 Å². The number of thioether (sulfide) groups is 1. The minimum absolute atomic E-state index is 0.760. The molecule has 0 atom stereocenters. The Bertz CT molecular complexity index is 849. The van der Waals surface area contributed by atoms with Crippen LogP contribution in [0.2, 0.25) is 0 Å². The van der Waals surface area contributed by atoms with E-state index in [1.165, 1.54) is 5.56 Å². The number of rotatable bonds is 8. The standard InChI is InChI=1S/C20H22BrN3OS/c1-3-4-12-25-18-10-8-16(9-11-18)19-22-23-20(24(19)2)26-14-15-6-5-7-17(21)13-15/h5-11,13H,3-4,12,14H2,1-2H3. The van der Waals surface area contributed by atoms with Crippen LogP contribution in [0.15, 0.2) is 58.2 Å². The fraction of sp³-hybridized carbons (Fsp3) is 0.300. The summed E-state index contributed by atoms with van der Waals surface area (Å²) < 4.78 is 8.85. The fourth-order valence-electron chi connectivity index (χ4n) is 2.50. The highest BCUT2D eigenvalue weighted by Gasteiger charge is 2.11. The summed E-state index contributed by atoms with van der Waals surface area (Å²) >= 11 is 5.20. The first-order chi connectivity index (χ1) is 12.7. The van der Waals surface area contributed by atoms with Crippen molar-refractivity contribution in [1.29, 1.82) is 0 Å². The normalized spacial score (nSPS) is 10.9. The molecule has 0 aliphatic rings. The quantitative estimate of drug-likeness (QED) is 0.337. The highest BCUT2D eigenvalue weighted by Crippen LogP contribution is 2.27. The number of benzene rings is 2. The highest BCUT2D eigenvalue weighted by molar-refractivity contribution is 9.10. The lowest BCUT2D eigenvalue weighted by atomic mass is 10.2. The molecule has 2 aromatic carbocycles. The van der Waals surface area contributed by atoms with Crippen LogP contribution >= 0.6 is 27.7 Å². The summed E-state index contributed by atoms with van der Waals surface area (Å²) in [6.45, 7) is 2.92. The average Bonchev–Trinajstić information content (AvgIpc) is 3.01. The zero-order chi connectivity index (χ0) is 18.4. The summed E-state index contributed by atoms with van der Waals surface area (Å²) in [4.78, 5) is 0. The van der Waals surface area contributed by atoms with Crippen molar-refractivity contribution in [3.05, 3.63) is 58.6 Å². The summed E-state index contributed by atoms with van der Waals surface area (Å²) in [6.07, 6.45) is 2.21. The SMILES string of the molecule is CCCCOc1ccc(-c2nnc(SCc3cccc(Br)c3)n2C)cc1. The van der Waals surface area contributed by atoms with Gasteiger partial charge in [0.05, 0.1) is 6.61 Å². The lowest BCUT2D eigenvalue weighted by Gasteiger charge is -2.07. The van der Waals surface area contributed by atoms with Crippen molar-refractivity contribution in [2.75, 3.05) is 6.61 Å². The molecule has 0 fully saturated rings. The third-order valence-corrected chi connectivity index (χ3v) is 5.56. The number of hydrogen-bond acceptors (Lipinski definition) is 4. The molecule has 0 aliphatic heterocycles. The Morgan fingerprint density at radius 1 is 1.12 bits per heavy atom. The van der Waals surface area contributed by atoms with Gasteiger partial charge in [0.15, 0.2) is 11.0 Å². The smallest absolute Gasteiger partial charge is 0.191 e. The van der Waals surface area contributed by atoms with Crippen molar-refractivity contribution < 1.29 is 4.74 Å². The Morgan fingerprint density at radius 2 is 1.92 bits per heavy atom. The molecular weight excluding hydrogens is 410 g/mol. The minimum Gasteiger partial charge on any atom is -0.494 e. The Balaban J connectivity index is 1.66. The molecule has 0 radical (unpaired) electrons. The predicted molar refractivity (Wildman–Crippen MR) is 111 cm³/mol. The van der Waals surface area contributed by atoms with E-state index in [9.17, 15) is 0 Å². The van der Waals surface area contributed by atoms with Gasteiger partial charge in [0.2, 0.25) is 0 Å². The zero-order valence-electron chi connectivity index (χ0n) is 15.0. The van der Waals surface area contributed by atoms with Crippen LogP contribution in [0.25, 0.3) is 11.4 Å². The summed E-state index contributed by atoms with van der Waals surface area (Å²) in [5.41, 5.74) is 2.29. The van der Waals surface area contributed by atoms with Gasteiger partial charge in [0, 0.05) is 22.8 Å². The van der Waals surface area contributed by atoms with E-state index in [-0.39, 0.29) is 0 Å². The molecule has 0 saturated carbocycles. The molecule has 1 aromatic heterocycles. The van der Waals surface area contributed by atoms with Crippen molar-refractivity contribution >= 4 is 27.7 Å². The third-order valence-electron chi connectivity index (χ3n) is 3.97. The summed E-state index contributed by atoms with van der Waals surface area (Å²) in [7, 11) is 2.00. The fourth-order valence-corrected chi connectivity index (χ4v) is 3.80. The van der Waals surface area contributed by atoms with Gasteiger partial charge < -0.3 is 9.30 Å². The first-order valence-electron chi connectivity index (χ1n) is 8.67. The molecule has 0 N–H and O–H groups in total. The van der Waals surface area contributed by atoms with E-state index in [2.05, 4.69) is 45.2 Å². The van der Waals surface area contributed by atoms with Crippen LogP contribution in [0.4, 0.5) is 0 Å². The zero-order valence-corrected chi connectivity index (χ0v) is 17.4. The van der Waals surface area contributed by atoms with E-state index in [0.29, 0.717) is 0 Å². The van der Waals surface area contributed by atoms with Gasteiger partial charge >= 0.3 is 0 Å². The van der Waals surface area contributed by atoms with Crippen molar-refractivity contribution in [3.63, 3.8) is 0 Å². The molecule has 3 rings (SSSR count). The van der Waals surface area contributed by atoms with Gasteiger partial charge in [-0.3, -0.25) is 0 Å². The van der Waals surface area contributed by atoms with Gasteiger partial charge in [-0.25, -0.2) is 0 Å². The van der Waals surface area contributed by atoms with Crippen molar-refractivity contribution in [1.82, 2.24) is 14.8 Å². The lowest BCUT2D eigenvalue weighted by Crippen LogP contribution is -1.97. The third kappa shape index (κ3) is 4.89. The molecule has 4 nitrogen and oxygen atoms in total. The number of ether oxygens (including phenoxy) is 1. The maximum Gasteiger partial charge on any atom is 0.191 e. The van der Waals surface area contributed by atoms with Gasteiger partial charge in [0.25, 0.3) is 0 Å². The van der Waals surface area contributed by atoms with Gasteiger partial charge in [-0.15, -0.1) is 10.2 Å².